The van der Waals surface area contributed by atoms with Gasteiger partial charge in [-0.2, -0.15) is 0 Å². The number of aryl methyl sites for hydroxylation is 1. The average molecular weight is 292 g/mol. The number of furan rings is 1. The summed E-state index contributed by atoms with van der Waals surface area (Å²) in [6, 6.07) is 2.20. The van der Waals surface area contributed by atoms with Gasteiger partial charge in [0.05, 0.1) is 25.3 Å². The van der Waals surface area contributed by atoms with Gasteiger partial charge in [-0.3, -0.25) is 4.90 Å². The van der Waals surface area contributed by atoms with Gasteiger partial charge in [0.1, 0.15) is 11.5 Å². The van der Waals surface area contributed by atoms with E-state index < -0.39 is 0 Å². The largest absolute Gasteiger partial charge is 0.463 e. The summed E-state index contributed by atoms with van der Waals surface area (Å²) in [5.41, 5.74) is 1.26. The number of ether oxygens (including phenoxy) is 1. The molecule has 0 spiro atoms. The highest BCUT2D eigenvalue weighted by Gasteiger charge is 2.33. The Bertz CT molecular complexity index is 457. The lowest BCUT2D eigenvalue weighted by Gasteiger charge is -2.31. The molecule has 2 unspecified atom stereocenters. The predicted octanol–water partition coefficient (Wildman–Crippen LogP) is 2.70. The summed E-state index contributed by atoms with van der Waals surface area (Å²) in [5, 5.41) is 3.46. The van der Waals surface area contributed by atoms with E-state index >= 15 is 0 Å². The molecule has 4 heteroatoms. The zero-order valence-electron chi connectivity index (χ0n) is 13.5. The molecule has 0 amide bonds. The van der Waals surface area contributed by atoms with Crippen molar-refractivity contribution in [1.82, 2.24) is 10.2 Å². The molecule has 0 aromatic carbocycles. The van der Waals surface area contributed by atoms with Crippen LogP contribution in [-0.2, 0) is 17.8 Å². The van der Waals surface area contributed by atoms with E-state index in [0.717, 1.165) is 44.2 Å². The maximum atomic E-state index is 6.04. The first-order valence-corrected chi connectivity index (χ1v) is 8.27. The topological polar surface area (TPSA) is 37.6 Å². The van der Waals surface area contributed by atoms with Crippen LogP contribution in [-0.4, -0.2) is 36.7 Å². The first kappa shape index (κ1) is 15.1. The van der Waals surface area contributed by atoms with Crippen molar-refractivity contribution >= 4 is 0 Å². The second-order valence-electron chi connectivity index (χ2n) is 7.00. The number of nitrogens with one attached hydrogen (secondary N) is 1. The molecule has 4 nitrogen and oxygen atoms in total. The Labute approximate surface area is 127 Å². The molecule has 1 aromatic rings. The number of likely N-dealkylation sites (tertiary alicyclic amines) is 1. The van der Waals surface area contributed by atoms with Crippen LogP contribution in [0, 0.1) is 12.8 Å². The van der Waals surface area contributed by atoms with Crippen molar-refractivity contribution < 1.29 is 9.15 Å². The second-order valence-corrected chi connectivity index (χ2v) is 7.00. The van der Waals surface area contributed by atoms with Gasteiger partial charge < -0.3 is 14.5 Å². The summed E-state index contributed by atoms with van der Waals surface area (Å²) in [5.74, 6) is 2.85. The SMILES string of the molecule is Cc1cc(CN2CC3CCC(C2)O3)oc1CNCC(C)C. The standard InChI is InChI=1S/C17H28N2O2/c1-12(2)7-18-8-17-13(3)6-16(21-17)11-19-9-14-4-5-15(10-19)20-14/h6,12,14-15,18H,4-5,7-11H2,1-3H3. The summed E-state index contributed by atoms with van der Waals surface area (Å²) in [4.78, 5) is 2.48. The summed E-state index contributed by atoms with van der Waals surface area (Å²) in [6.07, 6.45) is 3.35. The van der Waals surface area contributed by atoms with Crippen molar-refractivity contribution in [2.75, 3.05) is 19.6 Å². The van der Waals surface area contributed by atoms with E-state index in [2.05, 4.69) is 37.1 Å². The lowest BCUT2D eigenvalue weighted by atomic mass is 10.2. The molecule has 21 heavy (non-hydrogen) atoms. The third-order valence-electron chi connectivity index (χ3n) is 4.41. The van der Waals surface area contributed by atoms with Gasteiger partial charge >= 0.3 is 0 Å². The van der Waals surface area contributed by atoms with Crippen LogP contribution in [0.25, 0.3) is 0 Å². The van der Waals surface area contributed by atoms with E-state index in [-0.39, 0.29) is 0 Å². The summed E-state index contributed by atoms with van der Waals surface area (Å²) in [6.45, 7) is 11.5. The number of morpholine rings is 1. The Kier molecular flexibility index (Phi) is 4.67. The minimum atomic E-state index is 0.451. The lowest BCUT2D eigenvalue weighted by molar-refractivity contribution is -0.0427. The molecule has 1 aromatic heterocycles. The highest BCUT2D eigenvalue weighted by molar-refractivity contribution is 5.20. The van der Waals surface area contributed by atoms with Crippen molar-refractivity contribution in [3.05, 3.63) is 23.2 Å². The minimum Gasteiger partial charge on any atom is -0.463 e. The van der Waals surface area contributed by atoms with Crippen LogP contribution < -0.4 is 5.32 Å². The van der Waals surface area contributed by atoms with Crippen molar-refractivity contribution in [2.24, 2.45) is 5.92 Å². The maximum absolute atomic E-state index is 6.04. The average Bonchev–Trinajstić information content (AvgIpc) is 2.92. The highest BCUT2D eigenvalue weighted by Crippen LogP contribution is 2.27. The van der Waals surface area contributed by atoms with Crippen LogP contribution in [0.5, 0.6) is 0 Å². The Morgan fingerprint density at radius 2 is 2.00 bits per heavy atom. The molecule has 1 N–H and O–H groups in total. The minimum absolute atomic E-state index is 0.451. The number of nitrogens with zero attached hydrogens (tertiary/aromatic N) is 1. The third kappa shape index (κ3) is 3.87. The van der Waals surface area contributed by atoms with Gasteiger partial charge in [0.15, 0.2) is 0 Å². The van der Waals surface area contributed by atoms with Crippen LogP contribution in [0.3, 0.4) is 0 Å². The molecular formula is C17H28N2O2. The molecule has 2 aliphatic rings. The molecule has 0 radical (unpaired) electrons. The third-order valence-corrected chi connectivity index (χ3v) is 4.41. The molecule has 2 bridgehead atoms. The molecule has 2 saturated heterocycles. The highest BCUT2D eigenvalue weighted by atomic mass is 16.5. The molecule has 2 aliphatic heterocycles. The van der Waals surface area contributed by atoms with Crippen LogP contribution in [0.4, 0.5) is 0 Å². The van der Waals surface area contributed by atoms with Crippen molar-refractivity contribution in [3.8, 4) is 0 Å². The summed E-state index contributed by atoms with van der Waals surface area (Å²) < 4.78 is 11.9. The number of fused-ring (bicyclic) bond motifs is 2. The number of hydrogen-bond donors (Lipinski definition) is 1. The normalized spacial score (nSPS) is 25.9. The molecule has 2 atom stereocenters. The summed E-state index contributed by atoms with van der Waals surface area (Å²) in [7, 11) is 0. The van der Waals surface area contributed by atoms with E-state index in [1.165, 1.54) is 18.4 Å². The first-order chi connectivity index (χ1) is 10.1. The van der Waals surface area contributed by atoms with Gasteiger partial charge in [0, 0.05) is 13.1 Å². The van der Waals surface area contributed by atoms with E-state index in [0.29, 0.717) is 18.1 Å². The number of rotatable bonds is 6. The van der Waals surface area contributed by atoms with E-state index in [9.17, 15) is 0 Å². The second kappa shape index (κ2) is 6.51. The lowest BCUT2D eigenvalue weighted by Crippen LogP contribution is -2.41. The fourth-order valence-corrected chi connectivity index (χ4v) is 3.37. The molecule has 3 rings (SSSR count). The van der Waals surface area contributed by atoms with Crippen LogP contribution in [0.2, 0.25) is 0 Å². The van der Waals surface area contributed by atoms with E-state index in [1.807, 2.05) is 0 Å². The molecule has 118 valence electrons. The molecule has 0 aliphatic carbocycles. The maximum Gasteiger partial charge on any atom is 0.120 e. The van der Waals surface area contributed by atoms with E-state index in [4.69, 9.17) is 9.15 Å². The zero-order chi connectivity index (χ0) is 14.8. The van der Waals surface area contributed by atoms with Gasteiger partial charge in [0.2, 0.25) is 0 Å². The fraction of sp³-hybridized carbons (Fsp3) is 0.765. The Hall–Kier alpha value is -0.840. The van der Waals surface area contributed by atoms with E-state index in [1.54, 1.807) is 0 Å². The van der Waals surface area contributed by atoms with Crippen molar-refractivity contribution in [3.63, 3.8) is 0 Å². The van der Waals surface area contributed by atoms with Gasteiger partial charge in [-0.15, -0.1) is 0 Å². The van der Waals surface area contributed by atoms with Crippen molar-refractivity contribution in [2.45, 2.75) is 58.9 Å². The van der Waals surface area contributed by atoms with Gasteiger partial charge in [-0.05, 0) is 43.9 Å². The zero-order valence-corrected chi connectivity index (χ0v) is 13.5. The van der Waals surface area contributed by atoms with Gasteiger partial charge in [0.25, 0.3) is 0 Å². The van der Waals surface area contributed by atoms with Crippen LogP contribution in [0.1, 0.15) is 43.8 Å². The predicted molar refractivity (Wildman–Crippen MR) is 83.2 cm³/mol. The Balaban J connectivity index is 1.54. The van der Waals surface area contributed by atoms with Crippen LogP contribution in [0.15, 0.2) is 10.5 Å². The quantitative estimate of drug-likeness (QED) is 0.875. The molecule has 3 heterocycles. The van der Waals surface area contributed by atoms with Gasteiger partial charge in [-0.1, -0.05) is 13.8 Å². The molecule has 2 fully saturated rings. The van der Waals surface area contributed by atoms with Crippen molar-refractivity contribution in [1.29, 1.82) is 0 Å². The van der Waals surface area contributed by atoms with Crippen LogP contribution >= 0.6 is 0 Å². The monoisotopic (exact) mass is 292 g/mol. The summed E-state index contributed by atoms with van der Waals surface area (Å²) >= 11 is 0. The Morgan fingerprint density at radius 3 is 2.67 bits per heavy atom. The molecule has 0 saturated carbocycles. The molecular weight excluding hydrogens is 264 g/mol. The fourth-order valence-electron chi connectivity index (χ4n) is 3.37. The number of hydrogen-bond acceptors (Lipinski definition) is 4. The van der Waals surface area contributed by atoms with Gasteiger partial charge in [-0.25, -0.2) is 0 Å². The Morgan fingerprint density at radius 1 is 1.29 bits per heavy atom. The smallest absolute Gasteiger partial charge is 0.120 e. The first-order valence-electron chi connectivity index (χ1n) is 8.27.